The number of thioether (sulfide) groups is 1. The monoisotopic (exact) mass is 382 g/mol. The molecule has 2 saturated heterocycles. The molecule has 1 aromatic heterocycles. The van der Waals surface area contributed by atoms with E-state index in [2.05, 4.69) is 57.1 Å². The van der Waals surface area contributed by atoms with Crippen molar-refractivity contribution in [3.63, 3.8) is 0 Å². The predicted molar refractivity (Wildman–Crippen MR) is 112 cm³/mol. The van der Waals surface area contributed by atoms with E-state index in [0.29, 0.717) is 11.3 Å². The van der Waals surface area contributed by atoms with Gasteiger partial charge in [0.05, 0.1) is 0 Å². The van der Waals surface area contributed by atoms with Gasteiger partial charge in [-0.25, -0.2) is 9.97 Å². The molecule has 4 nitrogen and oxygen atoms in total. The van der Waals surface area contributed by atoms with Crippen LogP contribution in [0.25, 0.3) is 0 Å². The van der Waals surface area contributed by atoms with Crippen molar-refractivity contribution in [2.75, 3.05) is 39.5 Å². The summed E-state index contributed by atoms with van der Waals surface area (Å²) in [4.78, 5) is 14.0. The lowest BCUT2D eigenvalue weighted by molar-refractivity contribution is 0.0218. The molecule has 1 atom stereocenters. The summed E-state index contributed by atoms with van der Waals surface area (Å²) in [6, 6.07) is 11.1. The molecule has 27 heavy (non-hydrogen) atoms. The quantitative estimate of drug-likeness (QED) is 0.591. The summed E-state index contributed by atoms with van der Waals surface area (Å²) >= 11 is 1.60. The second-order valence-corrected chi connectivity index (χ2v) is 9.14. The molecule has 2 aliphatic heterocycles. The lowest BCUT2D eigenvalue weighted by Gasteiger charge is -2.49. The Morgan fingerprint density at radius 3 is 2.48 bits per heavy atom. The molecule has 1 spiro atoms. The van der Waals surface area contributed by atoms with E-state index in [4.69, 9.17) is 0 Å². The van der Waals surface area contributed by atoms with Gasteiger partial charge in [-0.3, -0.25) is 4.90 Å². The summed E-state index contributed by atoms with van der Waals surface area (Å²) in [5.41, 5.74) is 3.21. The van der Waals surface area contributed by atoms with Crippen LogP contribution in [-0.4, -0.2) is 59.3 Å². The Morgan fingerprint density at radius 2 is 1.81 bits per heavy atom. The molecule has 0 saturated carbocycles. The fourth-order valence-corrected chi connectivity index (χ4v) is 5.27. The third-order valence-electron chi connectivity index (χ3n) is 6.27. The van der Waals surface area contributed by atoms with Gasteiger partial charge in [-0.1, -0.05) is 42.1 Å². The smallest absolute Gasteiger partial charge is 0.187 e. The van der Waals surface area contributed by atoms with Crippen molar-refractivity contribution in [2.45, 2.75) is 36.9 Å². The zero-order valence-electron chi connectivity index (χ0n) is 16.5. The highest BCUT2D eigenvalue weighted by molar-refractivity contribution is 7.98. The number of nitrogens with zero attached hydrogens (tertiary/aromatic N) is 4. The minimum absolute atomic E-state index is 0.475. The van der Waals surface area contributed by atoms with Gasteiger partial charge in [0.2, 0.25) is 0 Å². The molecule has 0 amide bonds. The standard InChI is InChI=1S/C22H30N4S/c1-25-16-20(19-6-4-3-5-7-19)12-22(17-25)8-10-26(11-9-22)15-18-13-23-21(27-2)24-14-18/h3-7,13-14,20H,8-12,15-17H2,1-2H3/t20-/m0/s1. The number of likely N-dealkylation sites (N-methyl/N-ethyl adjacent to an activating group) is 1. The highest BCUT2D eigenvalue weighted by Gasteiger charge is 2.41. The zero-order valence-corrected chi connectivity index (χ0v) is 17.3. The zero-order chi connectivity index (χ0) is 18.7. The van der Waals surface area contributed by atoms with Crippen molar-refractivity contribution in [2.24, 2.45) is 5.41 Å². The molecule has 2 fully saturated rings. The molecule has 4 rings (SSSR count). The first-order chi connectivity index (χ1) is 13.2. The van der Waals surface area contributed by atoms with Crippen LogP contribution < -0.4 is 0 Å². The van der Waals surface area contributed by atoms with Crippen molar-refractivity contribution < 1.29 is 0 Å². The SMILES string of the molecule is CSc1ncc(CN2CCC3(CC2)C[C@H](c2ccccc2)CN(C)C3)cn1. The van der Waals surface area contributed by atoms with Gasteiger partial charge >= 0.3 is 0 Å². The Labute approximate surface area is 167 Å². The summed E-state index contributed by atoms with van der Waals surface area (Å²) in [5, 5.41) is 0.855. The van der Waals surface area contributed by atoms with E-state index in [-0.39, 0.29) is 0 Å². The fraction of sp³-hybridized carbons (Fsp3) is 0.545. The third kappa shape index (κ3) is 4.53. The maximum Gasteiger partial charge on any atom is 0.187 e. The Balaban J connectivity index is 1.38. The van der Waals surface area contributed by atoms with Gasteiger partial charge in [-0.2, -0.15) is 0 Å². The van der Waals surface area contributed by atoms with Crippen LogP contribution in [0.1, 0.15) is 36.3 Å². The topological polar surface area (TPSA) is 32.3 Å². The second-order valence-electron chi connectivity index (χ2n) is 8.36. The lowest BCUT2D eigenvalue weighted by Crippen LogP contribution is -2.50. The van der Waals surface area contributed by atoms with Gasteiger partial charge in [0.1, 0.15) is 0 Å². The highest BCUT2D eigenvalue weighted by Crippen LogP contribution is 2.44. The number of rotatable bonds is 4. The van der Waals surface area contributed by atoms with Gasteiger partial charge in [-0.05, 0) is 62.6 Å². The van der Waals surface area contributed by atoms with Gasteiger partial charge in [0.15, 0.2) is 5.16 Å². The van der Waals surface area contributed by atoms with E-state index < -0.39 is 0 Å². The maximum absolute atomic E-state index is 4.42. The molecule has 5 heteroatoms. The van der Waals surface area contributed by atoms with E-state index in [1.54, 1.807) is 11.8 Å². The van der Waals surface area contributed by atoms with Crippen LogP contribution in [0.2, 0.25) is 0 Å². The summed E-state index contributed by atoms with van der Waals surface area (Å²) in [5.74, 6) is 0.670. The van der Waals surface area contributed by atoms with Crippen molar-refractivity contribution in [1.29, 1.82) is 0 Å². The van der Waals surface area contributed by atoms with Crippen LogP contribution in [0.15, 0.2) is 47.9 Å². The molecule has 0 bridgehead atoms. The molecule has 144 valence electrons. The Morgan fingerprint density at radius 1 is 1.11 bits per heavy atom. The minimum atomic E-state index is 0.475. The number of hydrogen-bond acceptors (Lipinski definition) is 5. The number of hydrogen-bond donors (Lipinski definition) is 0. The van der Waals surface area contributed by atoms with Crippen LogP contribution in [-0.2, 0) is 6.54 Å². The first-order valence-electron chi connectivity index (χ1n) is 9.97. The summed E-state index contributed by atoms with van der Waals surface area (Å²) < 4.78 is 0. The largest absolute Gasteiger partial charge is 0.305 e. The molecule has 2 aromatic rings. The van der Waals surface area contributed by atoms with Gasteiger partial charge in [0.25, 0.3) is 0 Å². The van der Waals surface area contributed by atoms with Gasteiger partial charge < -0.3 is 4.90 Å². The molecule has 2 aliphatic rings. The molecular formula is C22H30N4S. The van der Waals surface area contributed by atoms with Crippen LogP contribution in [0.3, 0.4) is 0 Å². The van der Waals surface area contributed by atoms with Gasteiger partial charge in [0, 0.05) is 37.6 Å². The molecule has 0 aliphatic carbocycles. The summed E-state index contributed by atoms with van der Waals surface area (Å²) in [7, 11) is 2.30. The van der Waals surface area contributed by atoms with Crippen LogP contribution in [0.4, 0.5) is 0 Å². The number of piperidine rings is 2. The Bertz CT molecular complexity index is 726. The second kappa shape index (κ2) is 8.29. The Hall–Kier alpha value is -1.43. The highest BCUT2D eigenvalue weighted by atomic mass is 32.2. The number of aromatic nitrogens is 2. The predicted octanol–water partition coefficient (Wildman–Crippen LogP) is 3.90. The number of likely N-dealkylation sites (tertiary alicyclic amines) is 2. The lowest BCUT2D eigenvalue weighted by atomic mass is 9.68. The first kappa shape index (κ1) is 18.9. The summed E-state index contributed by atoms with van der Waals surface area (Å²) in [6.07, 6.45) is 9.92. The molecule has 0 unspecified atom stereocenters. The minimum Gasteiger partial charge on any atom is -0.305 e. The van der Waals surface area contributed by atoms with Crippen LogP contribution in [0.5, 0.6) is 0 Å². The van der Waals surface area contributed by atoms with E-state index >= 15 is 0 Å². The van der Waals surface area contributed by atoms with Crippen LogP contribution in [0, 0.1) is 5.41 Å². The van der Waals surface area contributed by atoms with Crippen molar-refractivity contribution in [1.82, 2.24) is 19.8 Å². The number of benzene rings is 1. The molecule has 3 heterocycles. The van der Waals surface area contributed by atoms with E-state index in [1.807, 2.05) is 18.6 Å². The molecule has 1 aromatic carbocycles. The normalized spacial score (nSPS) is 23.6. The average Bonchev–Trinajstić information content (AvgIpc) is 2.71. The van der Waals surface area contributed by atoms with Gasteiger partial charge in [-0.15, -0.1) is 0 Å². The fourth-order valence-electron chi connectivity index (χ4n) is 4.95. The molecular weight excluding hydrogens is 352 g/mol. The van der Waals surface area contributed by atoms with Crippen molar-refractivity contribution in [3.8, 4) is 0 Å². The van der Waals surface area contributed by atoms with E-state index in [0.717, 1.165) is 11.7 Å². The van der Waals surface area contributed by atoms with Crippen molar-refractivity contribution >= 4 is 11.8 Å². The molecule has 0 N–H and O–H groups in total. The maximum atomic E-state index is 4.42. The van der Waals surface area contributed by atoms with E-state index in [1.165, 1.54) is 56.6 Å². The first-order valence-corrected chi connectivity index (χ1v) is 11.2. The Kier molecular flexibility index (Phi) is 5.81. The van der Waals surface area contributed by atoms with Crippen molar-refractivity contribution in [3.05, 3.63) is 53.9 Å². The average molecular weight is 383 g/mol. The summed E-state index contributed by atoms with van der Waals surface area (Å²) in [6.45, 7) is 5.77. The van der Waals surface area contributed by atoms with Crippen LogP contribution >= 0.6 is 11.8 Å². The third-order valence-corrected chi connectivity index (χ3v) is 6.85. The van der Waals surface area contributed by atoms with E-state index in [9.17, 15) is 0 Å². The molecule has 0 radical (unpaired) electrons.